The van der Waals surface area contributed by atoms with E-state index in [2.05, 4.69) is 52.0 Å². The van der Waals surface area contributed by atoms with Crippen LogP contribution in [0.4, 0.5) is 0 Å². The first kappa shape index (κ1) is 10.3. The van der Waals surface area contributed by atoms with Crippen LogP contribution in [-0.2, 0) is 0 Å². The molecule has 0 aromatic heterocycles. The van der Waals surface area contributed by atoms with Gasteiger partial charge < -0.3 is 0 Å². The van der Waals surface area contributed by atoms with Crippen LogP contribution in [0.2, 0.25) is 0 Å². The van der Waals surface area contributed by atoms with Crippen LogP contribution in [0, 0.1) is 0 Å². The number of hydrogen-bond donors (Lipinski definition) is 0. The number of rotatable bonds is 0. The first-order chi connectivity index (χ1) is 5.71. The minimum absolute atomic E-state index is 0.0590. The van der Waals surface area contributed by atoms with Crippen molar-refractivity contribution in [3.8, 4) is 0 Å². The Morgan fingerprint density at radius 1 is 0.769 bits per heavy atom. The summed E-state index contributed by atoms with van der Waals surface area (Å²) in [6, 6.07) is 0. The molecule has 0 unspecified atom stereocenters. The van der Waals surface area contributed by atoms with Gasteiger partial charge in [0, 0.05) is 0 Å². The zero-order valence-electron chi connectivity index (χ0n) is 9.50. The van der Waals surface area contributed by atoms with Crippen LogP contribution in [0.25, 0.3) is 0 Å². The Morgan fingerprint density at radius 3 is 1.23 bits per heavy atom. The molecule has 0 aromatic carbocycles. The van der Waals surface area contributed by atoms with E-state index in [-0.39, 0.29) is 11.1 Å². The van der Waals surface area contributed by atoms with Crippen LogP contribution >= 0.6 is 0 Å². The lowest BCUT2D eigenvalue weighted by atomic mass is 10.1. The van der Waals surface area contributed by atoms with Crippen LogP contribution in [0.1, 0.15) is 41.5 Å². The van der Waals surface area contributed by atoms with Gasteiger partial charge in [-0.3, -0.25) is 10.0 Å². The highest BCUT2D eigenvalue weighted by molar-refractivity contribution is 4.79. The second-order valence-electron chi connectivity index (χ2n) is 5.46. The molecule has 4 heteroatoms. The van der Waals surface area contributed by atoms with E-state index in [1.54, 1.807) is 0 Å². The van der Waals surface area contributed by atoms with Gasteiger partial charge in [0.1, 0.15) is 6.67 Å². The van der Waals surface area contributed by atoms with Crippen LogP contribution in [-0.4, -0.2) is 27.8 Å². The van der Waals surface area contributed by atoms with Gasteiger partial charge in [0.05, 0.1) is 11.1 Å². The third kappa shape index (κ3) is 2.32. The van der Waals surface area contributed by atoms with Gasteiger partial charge in [-0.2, -0.15) is 0 Å². The molecule has 0 amide bonds. The average molecular weight is 184 g/mol. The van der Waals surface area contributed by atoms with Crippen molar-refractivity contribution in [3.05, 3.63) is 0 Å². The van der Waals surface area contributed by atoms with E-state index in [1.807, 2.05) is 10.0 Å². The van der Waals surface area contributed by atoms with E-state index in [9.17, 15) is 0 Å². The van der Waals surface area contributed by atoms with Crippen molar-refractivity contribution in [2.45, 2.75) is 52.6 Å². The standard InChI is InChI=1S/C9H20N4/c1-8(2,3)12-7-13(11-10-12)9(4,5)6/h7H2,1-6H3. The molecule has 0 atom stereocenters. The second-order valence-corrected chi connectivity index (χ2v) is 5.46. The molecular formula is C9H20N4. The van der Waals surface area contributed by atoms with Crippen molar-refractivity contribution in [1.29, 1.82) is 0 Å². The summed E-state index contributed by atoms with van der Waals surface area (Å²) in [5.74, 6) is 0. The summed E-state index contributed by atoms with van der Waals surface area (Å²) in [6.45, 7) is 13.6. The zero-order chi connectivity index (χ0) is 10.3. The lowest BCUT2D eigenvalue weighted by Gasteiger charge is -2.33. The van der Waals surface area contributed by atoms with Crippen LogP contribution < -0.4 is 0 Å². The summed E-state index contributed by atoms with van der Waals surface area (Å²) in [4.78, 5) is 0. The van der Waals surface area contributed by atoms with Crippen molar-refractivity contribution in [2.24, 2.45) is 10.4 Å². The third-order valence-corrected chi connectivity index (χ3v) is 2.07. The summed E-state index contributed by atoms with van der Waals surface area (Å²) in [5.41, 5.74) is 0.118. The third-order valence-electron chi connectivity index (χ3n) is 2.07. The lowest BCUT2D eigenvalue weighted by molar-refractivity contribution is 0.0700. The van der Waals surface area contributed by atoms with Crippen LogP contribution in [0.15, 0.2) is 10.4 Å². The van der Waals surface area contributed by atoms with Gasteiger partial charge in [0.2, 0.25) is 0 Å². The minimum Gasteiger partial charge on any atom is -0.251 e. The first-order valence-corrected chi connectivity index (χ1v) is 4.68. The smallest absolute Gasteiger partial charge is 0.128 e. The molecule has 0 N–H and O–H groups in total. The van der Waals surface area contributed by atoms with Gasteiger partial charge >= 0.3 is 0 Å². The Bertz CT molecular complexity index is 187. The molecule has 1 rings (SSSR count). The van der Waals surface area contributed by atoms with Crippen LogP contribution in [0.3, 0.4) is 0 Å². The summed E-state index contributed by atoms with van der Waals surface area (Å²) >= 11 is 0. The molecular weight excluding hydrogens is 164 g/mol. The summed E-state index contributed by atoms with van der Waals surface area (Å²) < 4.78 is 0. The van der Waals surface area contributed by atoms with E-state index >= 15 is 0 Å². The van der Waals surface area contributed by atoms with Crippen molar-refractivity contribution in [2.75, 3.05) is 6.67 Å². The highest BCUT2D eigenvalue weighted by atomic mass is 15.8. The molecule has 1 heterocycles. The predicted molar refractivity (Wildman–Crippen MR) is 52.9 cm³/mol. The molecule has 0 aliphatic carbocycles. The fourth-order valence-electron chi connectivity index (χ4n) is 0.973. The van der Waals surface area contributed by atoms with Crippen molar-refractivity contribution < 1.29 is 0 Å². The molecule has 4 nitrogen and oxygen atoms in total. The zero-order valence-corrected chi connectivity index (χ0v) is 9.50. The van der Waals surface area contributed by atoms with E-state index in [1.165, 1.54) is 0 Å². The molecule has 13 heavy (non-hydrogen) atoms. The Kier molecular flexibility index (Phi) is 2.26. The van der Waals surface area contributed by atoms with Gasteiger partial charge in [-0.25, -0.2) is 0 Å². The summed E-state index contributed by atoms with van der Waals surface area (Å²) in [6.07, 6.45) is 0. The molecule has 0 spiro atoms. The van der Waals surface area contributed by atoms with Gasteiger partial charge in [0.15, 0.2) is 0 Å². The maximum absolute atomic E-state index is 4.14. The largest absolute Gasteiger partial charge is 0.251 e. The Labute approximate surface area is 80.6 Å². The highest BCUT2D eigenvalue weighted by Crippen LogP contribution is 2.24. The molecule has 1 aliphatic heterocycles. The fourth-order valence-corrected chi connectivity index (χ4v) is 0.973. The summed E-state index contributed by atoms with van der Waals surface area (Å²) in [7, 11) is 0. The number of nitrogens with zero attached hydrogens (tertiary/aromatic N) is 4. The highest BCUT2D eigenvalue weighted by Gasteiger charge is 2.31. The monoisotopic (exact) mass is 184 g/mol. The molecule has 0 saturated heterocycles. The van der Waals surface area contributed by atoms with Crippen LogP contribution in [0.5, 0.6) is 0 Å². The minimum atomic E-state index is 0.0590. The topological polar surface area (TPSA) is 31.2 Å². The maximum Gasteiger partial charge on any atom is 0.128 e. The Hall–Kier alpha value is -0.800. The molecule has 1 aliphatic rings. The number of hydrogen-bond acceptors (Lipinski definition) is 4. The SMILES string of the molecule is CC(C)(C)N1CN(C(C)(C)C)N=N1. The van der Waals surface area contributed by atoms with E-state index in [0.29, 0.717) is 0 Å². The molecule has 0 radical (unpaired) electrons. The molecule has 0 bridgehead atoms. The summed E-state index contributed by atoms with van der Waals surface area (Å²) in [5, 5.41) is 12.3. The first-order valence-electron chi connectivity index (χ1n) is 4.68. The van der Waals surface area contributed by atoms with Crippen molar-refractivity contribution in [1.82, 2.24) is 10.0 Å². The molecule has 0 saturated carbocycles. The quantitative estimate of drug-likeness (QED) is 0.579. The Balaban J connectivity index is 2.63. The molecule has 0 aromatic rings. The van der Waals surface area contributed by atoms with E-state index < -0.39 is 0 Å². The van der Waals surface area contributed by atoms with Gasteiger partial charge in [-0.1, -0.05) is 10.4 Å². The molecule has 0 fully saturated rings. The van der Waals surface area contributed by atoms with Gasteiger partial charge in [-0.05, 0) is 41.5 Å². The predicted octanol–water partition coefficient (Wildman–Crippen LogP) is 2.44. The normalized spacial score (nSPS) is 18.6. The lowest BCUT2D eigenvalue weighted by Crippen LogP contribution is -2.44. The Morgan fingerprint density at radius 2 is 1.08 bits per heavy atom. The van der Waals surface area contributed by atoms with E-state index in [0.717, 1.165) is 6.67 Å². The van der Waals surface area contributed by atoms with Crippen molar-refractivity contribution >= 4 is 0 Å². The average Bonchev–Trinajstić information content (AvgIpc) is 2.28. The van der Waals surface area contributed by atoms with Gasteiger partial charge in [-0.15, -0.1) is 0 Å². The fraction of sp³-hybridized carbons (Fsp3) is 1.00. The second kappa shape index (κ2) is 2.86. The van der Waals surface area contributed by atoms with Crippen molar-refractivity contribution in [3.63, 3.8) is 0 Å². The molecule has 76 valence electrons. The van der Waals surface area contributed by atoms with Gasteiger partial charge in [0.25, 0.3) is 0 Å². The van der Waals surface area contributed by atoms with E-state index in [4.69, 9.17) is 0 Å². The maximum atomic E-state index is 4.14.